The minimum absolute atomic E-state index is 0.00768. The number of fused-ring (bicyclic) bond motifs is 1. The Bertz CT molecular complexity index is 481. The summed E-state index contributed by atoms with van der Waals surface area (Å²) in [6, 6.07) is -0.0214. The zero-order valence-corrected chi connectivity index (χ0v) is 11.4. The second-order valence-electron chi connectivity index (χ2n) is 5.29. The van der Waals surface area contributed by atoms with E-state index >= 15 is 0 Å². The molecule has 2 rings (SSSR count). The molecule has 104 valence electrons. The van der Waals surface area contributed by atoms with Gasteiger partial charge in [0.1, 0.15) is 0 Å². The van der Waals surface area contributed by atoms with Gasteiger partial charge in [-0.15, -0.1) is 0 Å². The Morgan fingerprint density at radius 2 is 2.32 bits per heavy atom. The van der Waals surface area contributed by atoms with Crippen LogP contribution in [0.5, 0.6) is 0 Å². The van der Waals surface area contributed by atoms with Crippen LogP contribution in [-0.2, 0) is 22.6 Å². The van der Waals surface area contributed by atoms with Crippen molar-refractivity contribution in [1.82, 2.24) is 14.5 Å². The number of aryl methyl sites for hydroxylation is 1. The highest BCUT2D eigenvalue weighted by Crippen LogP contribution is 2.22. The van der Waals surface area contributed by atoms with Gasteiger partial charge in [-0.1, -0.05) is 0 Å². The Hall–Kier alpha value is -1.85. The van der Waals surface area contributed by atoms with E-state index in [2.05, 4.69) is 9.55 Å². The molecule has 0 saturated carbocycles. The lowest BCUT2D eigenvalue weighted by molar-refractivity contribution is -0.141. The van der Waals surface area contributed by atoms with Crippen molar-refractivity contribution in [3.8, 4) is 0 Å². The molecule has 6 nitrogen and oxygen atoms in total. The van der Waals surface area contributed by atoms with Gasteiger partial charge in [-0.3, -0.25) is 9.59 Å². The van der Waals surface area contributed by atoms with Crippen LogP contribution in [0.25, 0.3) is 0 Å². The topological polar surface area (TPSA) is 81.2 Å². The monoisotopic (exact) mass is 264 g/mol. The van der Waals surface area contributed by atoms with Crippen molar-refractivity contribution in [2.75, 3.05) is 6.54 Å². The molecule has 0 aromatic carbocycles. The van der Waals surface area contributed by atoms with E-state index in [-0.39, 0.29) is 24.4 Å². The van der Waals surface area contributed by atoms with Gasteiger partial charge in [-0.2, -0.15) is 0 Å². The van der Waals surface area contributed by atoms with E-state index in [4.69, 9.17) is 5.73 Å². The molecule has 1 atom stereocenters. The van der Waals surface area contributed by atoms with Gasteiger partial charge < -0.3 is 15.2 Å². The summed E-state index contributed by atoms with van der Waals surface area (Å²) in [6.45, 7) is 4.59. The van der Waals surface area contributed by atoms with E-state index in [9.17, 15) is 9.59 Å². The number of hydrogen-bond acceptors (Lipinski definition) is 3. The van der Waals surface area contributed by atoms with Crippen LogP contribution >= 0.6 is 0 Å². The van der Waals surface area contributed by atoms with Crippen molar-refractivity contribution in [2.45, 2.75) is 39.3 Å². The summed E-state index contributed by atoms with van der Waals surface area (Å²) in [5.74, 6) is -0.532. The van der Waals surface area contributed by atoms with Crippen molar-refractivity contribution < 1.29 is 9.59 Å². The number of rotatable bonds is 4. The molecule has 0 aliphatic carbocycles. The third-order valence-corrected chi connectivity index (χ3v) is 3.55. The van der Waals surface area contributed by atoms with E-state index in [1.54, 1.807) is 17.4 Å². The van der Waals surface area contributed by atoms with Crippen LogP contribution in [0.4, 0.5) is 0 Å². The fraction of sp³-hybridized carbons (Fsp3) is 0.615. The first kappa shape index (κ1) is 13.6. The summed E-state index contributed by atoms with van der Waals surface area (Å²) >= 11 is 0. The number of amides is 2. The second-order valence-corrected chi connectivity index (χ2v) is 5.29. The second kappa shape index (κ2) is 5.42. The first-order chi connectivity index (χ1) is 8.99. The molecule has 6 heteroatoms. The van der Waals surface area contributed by atoms with Crippen LogP contribution in [0.2, 0.25) is 0 Å². The summed E-state index contributed by atoms with van der Waals surface area (Å²) in [4.78, 5) is 29.2. The molecule has 1 aromatic rings. The van der Waals surface area contributed by atoms with Crippen molar-refractivity contribution in [1.29, 1.82) is 0 Å². The van der Waals surface area contributed by atoms with Crippen molar-refractivity contribution in [3.05, 3.63) is 18.2 Å². The minimum Gasteiger partial charge on any atom is -0.368 e. The first-order valence-corrected chi connectivity index (χ1v) is 6.57. The Morgan fingerprint density at radius 1 is 1.58 bits per heavy atom. The molecule has 0 spiro atoms. The average Bonchev–Trinajstić information content (AvgIpc) is 2.81. The number of carbonyl (C=O) groups is 2. The lowest BCUT2D eigenvalue weighted by Crippen LogP contribution is -2.46. The Labute approximate surface area is 112 Å². The molecule has 2 amide bonds. The standard InChI is InChI=1S/C13H20N4O2/c1-9(2)17(7-12(14)18)13(19)10-3-4-16-8-15-6-11(16)5-10/h6,8-10H,3-5,7H2,1-2H3,(H2,14,18). The fourth-order valence-electron chi connectivity index (χ4n) is 2.50. The van der Waals surface area contributed by atoms with Gasteiger partial charge in [0.2, 0.25) is 11.8 Å². The predicted molar refractivity (Wildman–Crippen MR) is 70.1 cm³/mol. The number of aromatic nitrogens is 2. The molecule has 1 unspecified atom stereocenters. The fourth-order valence-corrected chi connectivity index (χ4v) is 2.50. The van der Waals surface area contributed by atoms with E-state index in [0.717, 1.165) is 18.7 Å². The summed E-state index contributed by atoms with van der Waals surface area (Å²) < 4.78 is 2.07. The molecular weight excluding hydrogens is 244 g/mol. The lowest BCUT2D eigenvalue weighted by Gasteiger charge is -2.31. The smallest absolute Gasteiger partial charge is 0.237 e. The molecule has 0 radical (unpaired) electrons. The minimum atomic E-state index is -0.470. The molecule has 2 N–H and O–H groups in total. The molecule has 1 aliphatic rings. The van der Waals surface area contributed by atoms with Crippen LogP contribution in [-0.4, -0.2) is 38.9 Å². The van der Waals surface area contributed by atoms with E-state index < -0.39 is 5.91 Å². The average molecular weight is 264 g/mol. The first-order valence-electron chi connectivity index (χ1n) is 6.57. The molecule has 0 saturated heterocycles. The Balaban J connectivity index is 2.08. The van der Waals surface area contributed by atoms with Gasteiger partial charge in [-0.25, -0.2) is 4.98 Å². The maximum atomic E-state index is 12.5. The zero-order chi connectivity index (χ0) is 14.0. The largest absolute Gasteiger partial charge is 0.368 e. The highest BCUT2D eigenvalue weighted by atomic mass is 16.2. The van der Waals surface area contributed by atoms with Crippen LogP contribution in [0.3, 0.4) is 0 Å². The van der Waals surface area contributed by atoms with Crippen LogP contribution in [0, 0.1) is 5.92 Å². The number of carbonyl (C=O) groups excluding carboxylic acids is 2. The molecule has 1 aromatic heterocycles. The summed E-state index contributed by atoms with van der Waals surface area (Å²) in [5, 5.41) is 0. The van der Waals surface area contributed by atoms with Gasteiger partial charge in [-0.05, 0) is 20.3 Å². The zero-order valence-electron chi connectivity index (χ0n) is 11.4. The molecular formula is C13H20N4O2. The summed E-state index contributed by atoms with van der Waals surface area (Å²) in [7, 11) is 0. The number of imidazole rings is 1. The van der Waals surface area contributed by atoms with Crippen molar-refractivity contribution in [3.63, 3.8) is 0 Å². The van der Waals surface area contributed by atoms with Gasteiger partial charge in [0.15, 0.2) is 0 Å². The van der Waals surface area contributed by atoms with Gasteiger partial charge in [0.05, 0.1) is 12.9 Å². The van der Waals surface area contributed by atoms with Crippen LogP contribution in [0.1, 0.15) is 26.0 Å². The third-order valence-electron chi connectivity index (χ3n) is 3.55. The Kier molecular flexibility index (Phi) is 3.87. The molecule has 19 heavy (non-hydrogen) atoms. The normalized spacial score (nSPS) is 18.2. The number of hydrogen-bond donors (Lipinski definition) is 1. The van der Waals surface area contributed by atoms with E-state index in [1.165, 1.54) is 0 Å². The summed E-state index contributed by atoms with van der Waals surface area (Å²) in [5.41, 5.74) is 6.29. The maximum Gasteiger partial charge on any atom is 0.237 e. The SMILES string of the molecule is CC(C)N(CC(N)=O)C(=O)C1CCn2cncc2C1. The highest BCUT2D eigenvalue weighted by Gasteiger charge is 2.30. The number of primary amides is 1. The van der Waals surface area contributed by atoms with Crippen LogP contribution < -0.4 is 5.73 Å². The summed E-state index contributed by atoms with van der Waals surface area (Å²) in [6.07, 6.45) is 5.05. The van der Waals surface area contributed by atoms with Crippen molar-refractivity contribution >= 4 is 11.8 Å². The van der Waals surface area contributed by atoms with Gasteiger partial charge >= 0.3 is 0 Å². The molecule has 0 fully saturated rings. The number of nitrogens with two attached hydrogens (primary N) is 1. The Morgan fingerprint density at radius 3 is 2.95 bits per heavy atom. The molecule has 2 heterocycles. The highest BCUT2D eigenvalue weighted by molar-refractivity contribution is 5.85. The number of nitrogens with zero attached hydrogens (tertiary/aromatic N) is 3. The lowest BCUT2D eigenvalue weighted by atomic mass is 9.94. The molecule has 0 bridgehead atoms. The van der Waals surface area contributed by atoms with E-state index in [0.29, 0.717) is 6.42 Å². The molecule has 1 aliphatic heterocycles. The maximum absolute atomic E-state index is 12.5. The van der Waals surface area contributed by atoms with Gasteiger partial charge in [0, 0.05) is 36.8 Å². The quantitative estimate of drug-likeness (QED) is 0.841. The van der Waals surface area contributed by atoms with Crippen molar-refractivity contribution in [2.24, 2.45) is 11.7 Å². The van der Waals surface area contributed by atoms with Crippen LogP contribution in [0.15, 0.2) is 12.5 Å². The third kappa shape index (κ3) is 2.94. The predicted octanol–water partition coefficient (Wildman–Crippen LogP) is 0.168. The van der Waals surface area contributed by atoms with Gasteiger partial charge in [0.25, 0.3) is 0 Å². The van der Waals surface area contributed by atoms with E-state index in [1.807, 2.05) is 13.8 Å².